The molecule has 5 rings (SSSR count). The molecule has 0 radical (unpaired) electrons. The lowest BCUT2D eigenvalue weighted by atomic mass is 9.92. The second kappa shape index (κ2) is 8.71. The minimum Gasteiger partial charge on any atom is -0.456 e. The highest BCUT2D eigenvalue weighted by Gasteiger charge is 2.19. The summed E-state index contributed by atoms with van der Waals surface area (Å²) in [5.41, 5.74) is 7.50. The maximum Gasteiger partial charge on any atom is 0.136 e. The normalized spacial score (nSPS) is 13.0. The van der Waals surface area contributed by atoms with Gasteiger partial charge in [-0.1, -0.05) is 86.2 Å². The first-order valence-electron chi connectivity index (χ1n) is 11.7. The number of benzene rings is 4. The maximum absolute atomic E-state index is 6.17. The van der Waals surface area contributed by atoms with E-state index in [-0.39, 0.29) is 0 Å². The Morgan fingerprint density at radius 2 is 1.55 bits per heavy atom. The van der Waals surface area contributed by atoms with Crippen LogP contribution >= 0.6 is 0 Å². The van der Waals surface area contributed by atoms with Crippen LogP contribution in [-0.4, -0.2) is 5.71 Å². The van der Waals surface area contributed by atoms with Gasteiger partial charge in [0, 0.05) is 21.9 Å². The van der Waals surface area contributed by atoms with E-state index >= 15 is 0 Å². The number of furan rings is 1. The Balaban J connectivity index is 1.75. The number of hydrogen-bond acceptors (Lipinski definition) is 2. The molecule has 1 heterocycles. The molecule has 2 heteroatoms. The average molecular weight is 432 g/mol. The highest BCUT2D eigenvalue weighted by atomic mass is 16.3. The van der Waals surface area contributed by atoms with E-state index in [2.05, 4.69) is 100 Å². The maximum atomic E-state index is 6.17. The van der Waals surface area contributed by atoms with Crippen molar-refractivity contribution in [1.82, 2.24) is 0 Å². The van der Waals surface area contributed by atoms with Crippen molar-refractivity contribution in [2.24, 2.45) is 10.9 Å². The number of fused-ring (bicyclic) bond motifs is 4. The van der Waals surface area contributed by atoms with Crippen molar-refractivity contribution in [3.8, 4) is 0 Å². The highest BCUT2D eigenvalue weighted by Crippen LogP contribution is 2.34. The van der Waals surface area contributed by atoms with E-state index in [4.69, 9.17) is 9.41 Å². The van der Waals surface area contributed by atoms with Gasteiger partial charge in [0.2, 0.25) is 0 Å². The SMILES string of the molecule is CCC(C)/C(=N\C(=C(C)C)c1ccc2ccccc2c1)c1cccc2oc3ccccc3c12. The molecule has 0 saturated heterocycles. The molecule has 0 fully saturated rings. The van der Waals surface area contributed by atoms with Gasteiger partial charge in [-0.15, -0.1) is 0 Å². The van der Waals surface area contributed by atoms with Crippen molar-refractivity contribution in [3.63, 3.8) is 0 Å². The zero-order valence-electron chi connectivity index (χ0n) is 19.7. The molecule has 0 N–H and O–H groups in total. The lowest BCUT2D eigenvalue weighted by Crippen LogP contribution is -2.13. The molecule has 5 aromatic rings. The third-order valence-electron chi connectivity index (χ3n) is 6.49. The molecule has 1 atom stereocenters. The van der Waals surface area contributed by atoms with Crippen LogP contribution in [0.15, 0.2) is 99.9 Å². The zero-order chi connectivity index (χ0) is 22.9. The smallest absolute Gasteiger partial charge is 0.136 e. The highest BCUT2D eigenvalue weighted by molar-refractivity contribution is 6.19. The van der Waals surface area contributed by atoms with Crippen LogP contribution in [0.5, 0.6) is 0 Å². The summed E-state index contributed by atoms with van der Waals surface area (Å²) >= 11 is 0. The number of allylic oxidation sites excluding steroid dienone is 1. The minimum absolute atomic E-state index is 0.305. The van der Waals surface area contributed by atoms with Gasteiger partial charge in [0.25, 0.3) is 0 Å². The summed E-state index contributed by atoms with van der Waals surface area (Å²) in [6.45, 7) is 8.79. The fourth-order valence-corrected chi connectivity index (χ4v) is 4.54. The molecule has 0 aliphatic heterocycles. The molecule has 1 unspecified atom stereocenters. The van der Waals surface area contributed by atoms with Crippen LogP contribution in [0.4, 0.5) is 0 Å². The van der Waals surface area contributed by atoms with Crippen LogP contribution in [0.3, 0.4) is 0 Å². The summed E-state index contributed by atoms with van der Waals surface area (Å²) in [6.07, 6.45) is 1.01. The van der Waals surface area contributed by atoms with Crippen molar-refractivity contribution in [2.45, 2.75) is 34.1 Å². The van der Waals surface area contributed by atoms with Crippen LogP contribution < -0.4 is 0 Å². The van der Waals surface area contributed by atoms with E-state index in [0.29, 0.717) is 5.92 Å². The number of para-hydroxylation sites is 1. The van der Waals surface area contributed by atoms with E-state index in [1.165, 1.54) is 16.3 Å². The van der Waals surface area contributed by atoms with Crippen molar-refractivity contribution >= 4 is 44.1 Å². The van der Waals surface area contributed by atoms with Crippen LogP contribution in [0, 0.1) is 5.92 Å². The van der Waals surface area contributed by atoms with Crippen LogP contribution in [0.1, 0.15) is 45.2 Å². The molecular formula is C31H29NO. The summed E-state index contributed by atoms with van der Waals surface area (Å²) in [7, 11) is 0. The zero-order valence-corrected chi connectivity index (χ0v) is 19.7. The van der Waals surface area contributed by atoms with E-state index in [1.54, 1.807) is 0 Å². The molecule has 0 amide bonds. The predicted molar refractivity (Wildman–Crippen MR) is 142 cm³/mol. The third kappa shape index (κ3) is 3.87. The summed E-state index contributed by atoms with van der Waals surface area (Å²) in [6, 6.07) is 29.7. The molecule has 33 heavy (non-hydrogen) atoms. The van der Waals surface area contributed by atoms with Crippen LogP contribution in [0.25, 0.3) is 38.4 Å². The van der Waals surface area contributed by atoms with Gasteiger partial charge >= 0.3 is 0 Å². The summed E-state index contributed by atoms with van der Waals surface area (Å²) in [5, 5.41) is 4.77. The van der Waals surface area contributed by atoms with Crippen LogP contribution in [0.2, 0.25) is 0 Å². The number of rotatable bonds is 5. The Kier molecular flexibility index (Phi) is 5.60. The van der Waals surface area contributed by atoms with Crippen molar-refractivity contribution < 1.29 is 4.42 Å². The minimum atomic E-state index is 0.305. The average Bonchev–Trinajstić information content (AvgIpc) is 3.23. The topological polar surface area (TPSA) is 25.5 Å². The van der Waals surface area contributed by atoms with Gasteiger partial charge in [0.05, 0.1) is 11.4 Å². The second-order valence-electron chi connectivity index (χ2n) is 8.99. The molecule has 1 aromatic heterocycles. The molecule has 0 spiro atoms. The van der Waals surface area contributed by atoms with Crippen LogP contribution in [-0.2, 0) is 0 Å². The third-order valence-corrected chi connectivity index (χ3v) is 6.49. The molecule has 0 aliphatic carbocycles. The second-order valence-corrected chi connectivity index (χ2v) is 8.99. The van der Waals surface area contributed by atoms with Crippen molar-refractivity contribution in [2.75, 3.05) is 0 Å². The van der Waals surface area contributed by atoms with Gasteiger partial charge in [0.15, 0.2) is 0 Å². The Bertz CT molecular complexity index is 1530. The largest absolute Gasteiger partial charge is 0.456 e. The van der Waals surface area contributed by atoms with E-state index in [1.807, 2.05) is 12.1 Å². The Hall–Kier alpha value is -3.65. The Morgan fingerprint density at radius 1 is 0.818 bits per heavy atom. The fourth-order valence-electron chi connectivity index (χ4n) is 4.54. The molecule has 0 bridgehead atoms. The van der Waals surface area contributed by atoms with Crippen molar-refractivity contribution in [3.05, 3.63) is 102 Å². The van der Waals surface area contributed by atoms with Gasteiger partial charge in [-0.25, -0.2) is 0 Å². The summed E-state index contributed by atoms with van der Waals surface area (Å²) in [4.78, 5) is 5.38. The first kappa shape index (κ1) is 21.2. The molecule has 0 aliphatic rings. The van der Waals surface area contributed by atoms with Gasteiger partial charge in [-0.05, 0) is 55.2 Å². The fraction of sp³-hybridized carbons (Fsp3) is 0.194. The Labute approximate surface area is 195 Å². The summed E-state index contributed by atoms with van der Waals surface area (Å²) in [5.74, 6) is 0.305. The van der Waals surface area contributed by atoms with Gasteiger partial charge in [-0.3, -0.25) is 4.99 Å². The quantitative estimate of drug-likeness (QED) is 0.255. The molecule has 0 saturated carbocycles. The van der Waals surface area contributed by atoms with E-state index in [9.17, 15) is 0 Å². The molecule has 2 nitrogen and oxygen atoms in total. The lowest BCUT2D eigenvalue weighted by Gasteiger charge is -2.17. The molecule has 164 valence electrons. The van der Waals surface area contributed by atoms with E-state index in [0.717, 1.165) is 50.9 Å². The first-order chi connectivity index (χ1) is 16.1. The Morgan fingerprint density at radius 3 is 2.33 bits per heavy atom. The standard InChI is InChI=1S/C31H29NO/c1-5-21(4)31(26-14-10-16-28-29(26)25-13-8-9-15-27(25)33-28)32-30(20(2)3)24-18-17-22-11-6-7-12-23(22)19-24/h6-19,21H,5H2,1-4H3/b32-31+. The van der Waals surface area contributed by atoms with Gasteiger partial charge in [0.1, 0.15) is 11.2 Å². The number of nitrogens with zero attached hydrogens (tertiary/aromatic N) is 1. The van der Waals surface area contributed by atoms with Gasteiger partial charge in [-0.2, -0.15) is 0 Å². The lowest BCUT2D eigenvalue weighted by molar-refractivity contribution is 0.669. The van der Waals surface area contributed by atoms with Gasteiger partial charge < -0.3 is 4.42 Å². The summed E-state index contributed by atoms with van der Waals surface area (Å²) < 4.78 is 6.17. The monoisotopic (exact) mass is 431 g/mol. The predicted octanol–water partition coefficient (Wildman–Crippen LogP) is 9.03. The first-order valence-corrected chi connectivity index (χ1v) is 11.7. The number of aliphatic imine (C=N–C) groups is 1. The van der Waals surface area contributed by atoms with Crippen molar-refractivity contribution in [1.29, 1.82) is 0 Å². The van der Waals surface area contributed by atoms with E-state index < -0.39 is 0 Å². The molecular weight excluding hydrogens is 402 g/mol. The number of hydrogen-bond donors (Lipinski definition) is 0. The molecule has 4 aromatic carbocycles.